The van der Waals surface area contributed by atoms with Crippen molar-refractivity contribution < 1.29 is 13.2 Å². The number of rotatable bonds is 6. The van der Waals surface area contributed by atoms with Gasteiger partial charge in [0.05, 0.1) is 11.9 Å². The fourth-order valence-corrected chi connectivity index (χ4v) is 3.68. The third kappa shape index (κ3) is 5.08. The molecule has 26 heavy (non-hydrogen) atoms. The van der Waals surface area contributed by atoms with Gasteiger partial charge in [0.25, 0.3) is 0 Å². The Bertz CT molecular complexity index is 921. The second kappa shape index (κ2) is 7.91. The van der Waals surface area contributed by atoms with E-state index in [4.69, 9.17) is 0 Å². The smallest absolute Gasteiger partial charge is 0.232 e. The van der Waals surface area contributed by atoms with Crippen molar-refractivity contribution in [2.45, 2.75) is 34.1 Å². The fraction of sp³-hybridized carbons (Fsp3) is 0.350. The second-order valence-corrected chi connectivity index (χ2v) is 8.63. The lowest BCUT2D eigenvalue weighted by Gasteiger charge is -2.24. The maximum Gasteiger partial charge on any atom is 0.232 e. The zero-order valence-electron chi connectivity index (χ0n) is 16.0. The Morgan fingerprint density at radius 2 is 1.62 bits per heavy atom. The van der Waals surface area contributed by atoms with E-state index in [0.717, 1.165) is 34.2 Å². The van der Waals surface area contributed by atoms with E-state index in [-0.39, 0.29) is 18.9 Å². The zero-order chi connectivity index (χ0) is 19.5. The molecule has 0 saturated heterocycles. The van der Waals surface area contributed by atoms with Crippen LogP contribution in [0.3, 0.4) is 0 Å². The Hall–Kier alpha value is -2.34. The maximum atomic E-state index is 12.3. The van der Waals surface area contributed by atoms with Crippen molar-refractivity contribution in [3.63, 3.8) is 0 Å². The molecule has 2 aromatic rings. The van der Waals surface area contributed by atoms with E-state index in [1.807, 2.05) is 64.1 Å². The summed E-state index contributed by atoms with van der Waals surface area (Å²) in [6.45, 7) is 7.86. The monoisotopic (exact) mass is 374 g/mol. The molecule has 0 fully saturated rings. The average Bonchev–Trinajstić information content (AvgIpc) is 2.53. The van der Waals surface area contributed by atoms with E-state index in [1.165, 1.54) is 4.31 Å². The minimum atomic E-state index is -3.48. The molecular formula is C20H26N2O3S. The van der Waals surface area contributed by atoms with E-state index in [2.05, 4.69) is 5.32 Å². The molecule has 0 saturated carbocycles. The first kappa shape index (κ1) is 20.0. The number of anilines is 2. The number of benzene rings is 2. The Kier molecular flexibility index (Phi) is 6.08. The predicted octanol–water partition coefficient (Wildman–Crippen LogP) is 3.72. The van der Waals surface area contributed by atoms with Crippen molar-refractivity contribution in [2.75, 3.05) is 22.4 Å². The molecule has 140 valence electrons. The van der Waals surface area contributed by atoms with Crippen LogP contribution in [0.4, 0.5) is 11.4 Å². The summed E-state index contributed by atoms with van der Waals surface area (Å²) in [5.74, 6) is -0.216. The number of sulfonamides is 1. The Morgan fingerprint density at radius 3 is 2.23 bits per heavy atom. The van der Waals surface area contributed by atoms with Crippen LogP contribution in [-0.2, 0) is 14.8 Å². The summed E-state index contributed by atoms with van der Waals surface area (Å²) in [5, 5.41) is 2.83. The van der Waals surface area contributed by atoms with E-state index in [1.54, 1.807) is 0 Å². The molecular weight excluding hydrogens is 348 g/mol. The minimum absolute atomic E-state index is 0.0768. The standard InChI is InChI=1S/C20H26N2O3S/c1-14-6-7-16(3)19(12-14)22(26(5,24)25)11-10-20(23)21-18-9-8-15(2)17(4)13-18/h6-9,12-13H,10-11H2,1-5H3,(H,21,23). The number of aryl methyl sites for hydroxylation is 4. The lowest BCUT2D eigenvalue weighted by Crippen LogP contribution is -2.33. The van der Waals surface area contributed by atoms with E-state index in [0.29, 0.717) is 5.69 Å². The Morgan fingerprint density at radius 1 is 0.962 bits per heavy atom. The maximum absolute atomic E-state index is 12.3. The molecule has 0 atom stereocenters. The van der Waals surface area contributed by atoms with Gasteiger partial charge < -0.3 is 5.32 Å². The largest absolute Gasteiger partial charge is 0.326 e. The summed E-state index contributed by atoms with van der Waals surface area (Å²) < 4.78 is 25.8. The summed E-state index contributed by atoms with van der Waals surface area (Å²) in [5.41, 5.74) is 5.41. The molecule has 0 aliphatic carbocycles. The van der Waals surface area contributed by atoms with Gasteiger partial charge in [-0.15, -0.1) is 0 Å². The highest BCUT2D eigenvalue weighted by Gasteiger charge is 2.20. The van der Waals surface area contributed by atoms with Gasteiger partial charge in [-0.3, -0.25) is 9.10 Å². The Labute approximate surface area is 156 Å². The molecule has 0 aliphatic heterocycles. The molecule has 0 unspecified atom stereocenters. The van der Waals surface area contributed by atoms with Crippen LogP contribution in [0.1, 0.15) is 28.7 Å². The van der Waals surface area contributed by atoms with Crippen LogP contribution in [0.2, 0.25) is 0 Å². The van der Waals surface area contributed by atoms with E-state index >= 15 is 0 Å². The molecule has 1 amide bonds. The van der Waals surface area contributed by atoms with Crippen molar-refractivity contribution in [3.05, 3.63) is 58.7 Å². The van der Waals surface area contributed by atoms with Gasteiger partial charge in [0.1, 0.15) is 0 Å². The van der Waals surface area contributed by atoms with Crippen LogP contribution in [-0.4, -0.2) is 27.1 Å². The lowest BCUT2D eigenvalue weighted by molar-refractivity contribution is -0.116. The van der Waals surface area contributed by atoms with Crippen LogP contribution in [0.5, 0.6) is 0 Å². The fourth-order valence-electron chi connectivity index (χ4n) is 2.70. The molecule has 0 aliphatic rings. The minimum Gasteiger partial charge on any atom is -0.326 e. The van der Waals surface area contributed by atoms with Crippen molar-refractivity contribution in [3.8, 4) is 0 Å². The number of nitrogens with one attached hydrogen (secondary N) is 1. The molecule has 6 heteroatoms. The Balaban J connectivity index is 2.13. The molecule has 5 nitrogen and oxygen atoms in total. The van der Waals surface area contributed by atoms with E-state index in [9.17, 15) is 13.2 Å². The first-order valence-corrected chi connectivity index (χ1v) is 10.3. The lowest BCUT2D eigenvalue weighted by atomic mass is 10.1. The van der Waals surface area contributed by atoms with Crippen molar-refractivity contribution in [1.29, 1.82) is 0 Å². The van der Waals surface area contributed by atoms with Gasteiger partial charge in [-0.2, -0.15) is 0 Å². The van der Waals surface area contributed by atoms with Crippen LogP contribution in [0.25, 0.3) is 0 Å². The topological polar surface area (TPSA) is 66.5 Å². The summed E-state index contributed by atoms with van der Waals surface area (Å²) in [6, 6.07) is 11.4. The van der Waals surface area contributed by atoms with Gasteiger partial charge in [-0.25, -0.2) is 8.42 Å². The summed E-state index contributed by atoms with van der Waals surface area (Å²) in [7, 11) is -3.48. The molecule has 0 bridgehead atoms. The van der Waals surface area contributed by atoms with Crippen LogP contribution in [0.15, 0.2) is 36.4 Å². The zero-order valence-corrected chi connectivity index (χ0v) is 16.8. The number of carbonyl (C=O) groups excluding carboxylic acids is 1. The summed E-state index contributed by atoms with van der Waals surface area (Å²) >= 11 is 0. The molecule has 1 N–H and O–H groups in total. The third-order valence-corrected chi connectivity index (χ3v) is 5.55. The van der Waals surface area contributed by atoms with Gasteiger partial charge in [-0.05, 0) is 68.1 Å². The van der Waals surface area contributed by atoms with Gasteiger partial charge in [-0.1, -0.05) is 18.2 Å². The molecule has 0 radical (unpaired) electrons. The highest BCUT2D eigenvalue weighted by atomic mass is 32.2. The van der Waals surface area contributed by atoms with Gasteiger partial charge in [0, 0.05) is 18.7 Å². The number of carbonyl (C=O) groups is 1. The summed E-state index contributed by atoms with van der Waals surface area (Å²) in [6.07, 6.45) is 1.24. The molecule has 2 aromatic carbocycles. The predicted molar refractivity (Wildman–Crippen MR) is 107 cm³/mol. The third-order valence-electron chi connectivity index (χ3n) is 4.37. The number of hydrogen-bond acceptors (Lipinski definition) is 3. The van der Waals surface area contributed by atoms with Crippen molar-refractivity contribution in [1.82, 2.24) is 0 Å². The highest BCUT2D eigenvalue weighted by Crippen LogP contribution is 2.24. The van der Waals surface area contributed by atoms with Crippen molar-refractivity contribution >= 4 is 27.3 Å². The number of nitrogens with zero attached hydrogens (tertiary/aromatic N) is 1. The van der Waals surface area contributed by atoms with Crippen LogP contribution >= 0.6 is 0 Å². The molecule has 0 spiro atoms. The first-order valence-electron chi connectivity index (χ1n) is 8.50. The first-order chi connectivity index (χ1) is 12.1. The highest BCUT2D eigenvalue weighted by molar-refractivity contribution is 7.92. The van der Waals surface area contributed by atoms with Gasteiger partial charge in [0.15, 0.2) is 0 Å². The second-order valence-electron chi connectivity index (χ2n) is 6.72. The molecule has 0 aromatic heterocycles. The average molecular weight is 375 g/mol. The number of amides is 1. The quantitative estimate of drug-likeness (QED) is 0.838. The van der Waals surface area contributed by atoms with E-state index < -0.39 is 10.0 Å². The van der Waals surface area contributed by atoms with Crippen LogP contribution in [0, 0.1) is 27.7 Å². The summed E-state index contributed by atoms with van der Waals surface area (Å²) in [4.78, 5) is 12.3. The molecule has 2 rings (SSSR count). The van der Waals surface area contributed by atoms with Gasteiger partial charge in [0.2, 0.25) is 15.9 Å². The normalized spacial score (nSPS) is 11.3. The van der Waals surface area contributed by atoms with Crippen molar-refractivity contribution in [2.24, 2.45) is 0 Å². The SMILES string of the molecule is Cc1ccc(C)c(N(CCC(=O)Nc2ccc(C)c(C)c2)S(C)(=O)=O)c1. The molecule has 0 heterocycles. The van der Waals surface area contributed by atoms with Crippen LogP contribution < -0.4 is 9.62 Å². The van der Waals surface area contributed by atoms with Gasteiger partial charge >= 0.3 is 0 Å². The number of hydrogen-bond donors (Lipinski definition) is 1.